The van der Waals surface area contributed by atoms with E-state index in [1.54, 1.807) is 0 Å². The first-order valence-electron chi connectivity index (χ1n) is 8.70. The molecular weight excluding hydrogens is 278 g/mol. The third kappa shape index (κ3) is 9.16. The molecule has 0 aliphatic rings. The fourth-order valence-corrected chi connectivity index (χ4v) is 3.08. The maximum atomic E-state index is 6.04. The molecule has 1 aromatic rings. The van der Waals surface area contributed by atoms with Crippen LogP contribution in [0.4, 0.5) is 0 Å². The Bertz CT molecular complexity index is 364. The fraction of sp³-hybridized carbons (Fsp3) is 0.684. The fourth-order valence-electron chi connectivity index (χ4n) is 2.87. The van der Waals surface area contributed by atoms with Gasteiger partial charge in [-0.25, -0.2) is 0 Å². The smallest absolute Gasteiger partial charge is 0.0408 e. The molecule has 0 aromatic heterocycles. The molecule has 1 rings (SSSR count). The SMILES string of the molecule is CCCCCCCCCCC(CN)Cc1cccc(Cl)c1. The van der Waals surface area contributed by atoms with E-state index in [1.165, 1.54) is 63.4 Å². The summed E-state index contributed by atoms with van der Waals surface area (Å²) in [4.78, 5) is 0. The summed E-state index contributed by atoms with van der Waals surface area (Å²) in [5.74, 6) is 0.601. The van der Waals surface area contributed by atoms with Crippen molar-refractivity contribution in [3.8, 4) is 0 Å². The predicted molar refractivity (Wildman–Crippen MR) is 94.9 cm³/mol. The Labute approximate surface area is 136 Å². The van der Waals surface area contributed by atoms with Gasteiger partial charge in [-0.1, -0.05) is 82.0 Å². The Kier molecular flexibility index (Phi) is 10.6. The molecular formula is C19H32ClN. The van der Waals surface area contributed by atoms with Gasteiger partial charge in [-0.15, -0.1) is 0 Å². The average molecular weight is 310 g/mol. The normalized spacial score (nSPS) is 12.5. The Morgan fingerprint density at radius 3 is 2.29 bits per heavy atom. The van der Waals surface area contributed by atoms with Crippen LogP contribution in [0.5, 0.6) is 0 Å². The third-order valence-corrected chi connectivity index (χ3v) is 4.45. The van der Waals surface area contributed by atoms with Gasteiger partial charge in [-0.2, -0.15) is 0 Å². The van der Waals surface area contributed by atoms with Crippen LogP contribution in [0.25, 0.3) is 0 Å². The number of nitrogens with two attached hydrogens (primary N) is 1. The van der Waals surface area contributed by atoms with Crippen LogP contribution in [0.3, 0.4) is 0 Å². The van der Waals surface area contributed by atoms with Gasteiger partial charge < -0.3 is 5.73 Å². The van der Waals surface area contributed by atoms with Gasteiger partial charge in [0.2, 0.25) is 0 Å². The zero-order valence-electron chi connectivity index (χ0n) is 13.6. The summed E-state index contributed by atoms with van der Waals surface area (Å²) in [5.41, 5.74) is 7.24. The number of rotatable bonds is 12. The maximum absolute atomic E-state index is 6.04. The van der Waals surface area contributed by atoms with Gasteiger partial charge in [0, 0.05) is 5.02 Å². The van der Waals surface area contributed by atoms with Gasteiger partial charge in [-0.05, 0) is 43.0 Å². The van der Waals surface area contributed by atoms with Crippen molar-refractivity contribution in [2.75, 3.05) is 6.54 Å². The average Bonchev–Trinajstić information content (AvgIpc) is 2.48. The molecule has 0 spiro atoms. The minimum absolute atomic E-state index is 0.601. The highest BCUT2D eigenvalue weighted by Gasteiger charge is 2.08. The van der Waals surface area contributed by atoms with Crippen LogP contribution < -0.4 is 5.73 Å². The van der Waals surface area contributed by atoms with E-state index >= 15 is 0 Å². The molecule has 0 amide bonds. The summed E-state index contributed by atoms with van der Waals surface area (Å²) in [6, 6.07) is 8.18. The lowest BCUT2D eigenvalue weighted by molar-refractivity contribution is 0.455. The molecule has 0 fully saturated rings. The summed E-state index contributed by atoms with van der Waals surface area (Å²) in [6.07, 6.45) is 13.3. The summed E-state index contributed by atoms with van der Waals surface area (Å²) < 4.78 is 0. The first kappa shape index (κ1) is 18.5. The second-order valence-electron chi connectivity index (χ2n) is 6.20. The first-order valence-corrected chi connectivity index (χ1v) is 9.08. The van der Waals surface area contributed by atoms with Gasteiger partial charge >= 0.3 is 0 Å². The standard InChI is InChI=1S/C19H32ClN/c1-2-3-4-5-6-7-8-9-11-18(16-21)14-17-12-10-13-19(20)15-17/h10,12-13,15,18H,2-9,11,14,16,21H2,1H3. The highest BCUT2D eigenvalue weighted by molar-refractivity contribution is 6.30. The zero-order chi connectivity index (χ0) is 15.3. The summed E-state index contributed by atoms with van der Waals surface area (Å²) in [6.45, 7) is 3.05. The highest BCUT2D eigenvalue weighted by atomic mass is 35.5. The number of unbranched alkanes of at least 4 members (excludes halogenated alkanes) is 7. The number of hydrogen-bond donors (Lipinski definition) is 1. The van der Waals surface area contributed by atoms with Crippen LogP contribution in [0.1, 0.15) is 70.3 Å². The molecule has 0 aliphatic heterocycles. The van der Waals surface area contributed by atoms with E-state index < -0.39 is 0 Å². The lowest BCUT2D eigenvalue weighted by atomic mass is 9.93. The van der Waals surface area contributed by atoms with E-state index in [0.717, 1.165) is 18.0 Å². The molecule has 21 heavy (non-hydrogen) atoms. The molecule has 120 valence electrons. The number of benzene rings is 1. The highest BCUT2D eigenvalue weighted by Crippen LogP contribution is 2.19. The quantitative estimate of drug-likeness (QED) is 0.472. The van der Waals surface area contributed by atoms with E-state index in [4.69, 9.17) is 17.3 Å². The number of hydrogen-bond acceptors (Lipinski definition) is 1. The van der Waals surface area contributed by atoms with Crippen molar-refractivity contribution >= 4 is 11.6 Å². The van der Waals surface area contributed by atoms with E-state index in [-0.39, 0.29) is 0 Å². The molecule has 1 unspecified atom stereocenters. The van der Waals surface area contributed by atoms with Crippen molar-refractivity contribution in [3.05, 3.63) is 34.9 Å². The van der Waals surface area contributed by atoms with E-state index in [1.807, 2.05) is 12.1 Å². The molecule has 0 saturated heterocycles. The zero-order valence-corrected chi connectivity index (χ0v) is 14.4. The van der Waals surface area contributed by atoms with Crippen molar-refractivity contribution < 1.29 is 0 Å². The van der Waals surface area contributed by atoms with Crippen LogP contribution >= 0.6 is 11.6 Å². The molecule has 2 heteroatoms. The molecule has 0 saturated carbocycles. The third-order valence-electron chi connectivity index (χ3n) is 4.21. The van der Waals surface area contributed by atoms with Crippen LogP contribution in [0, 0.1) is 5.92 Å². The number of halogens is 1. The second-order valence-corrected chi connectivity index (χ2v) is 6.64. The lowest BCUT2D eigenvalue weighted by Crippen LogP contribution is -2.16. The van der Waals surface area contributed by atoms with E-state index in [0.29, 0.717) is 5.92 Å². The Morgan fingerprint density at radius 1 is 1.00 bits per heavy atom. The predicted octanol–water partition coefficient (Wildman–Crippen LogP) is 5.99. The topological polar surface area (TPSA) is 26.0 Å². The maximum Gasteiger partial charge on any atom is 0.0408 e. The summed E-state index contributed by atoms with van der Waals surface area (Å²) in [5, 5.41) is 0.829. The van der Waals surface area contributed by atoms with Crippen LogP contribution in [0.2, 0.25) is 5.02 Å². The van der Waals surface area contributed by atoms with Gasteiger partial charge in [0.15, 0.2) is 0 Å². The first-order chi connectivity index (χ1) is 10.3. The van der Waals surface area contributed by atoms with E-state index in [9.17, 15) is 0 Å². The van der Waals surface area contributed by atoms with Crippen LogP contribution in [0.15, 0.2) is 24.3 Å². The van der Waals surface area contributed by atoms with Crippen molar-refractivity contribution in [3.63, 3.8) is 0 Å². The molecule has 1 atom stereocenters. The molecule has 1 aromatic carbocycles. The van der Waals surface area contributed by atoms with Crippen molar-refractivity contribution in [2.45, 2.75) is 71.1 Å². The lowest BCUT2D eigenvalue weighted by Gasteiger charge is -2.15. The van der Waals surface area contributed by atoms with E-state index in [2.05, 4.69) is 19.1 Å². The monoisotopic (exact) mass is 309 g/mol. The van der Waals surface area contributed by atoms with Crippen LogP contribution in [-0.4, -0.2) is 6.54 Å². The summed E-state index contributed by atoms with van der Waals surface area (Å²) in [7, 11) is 0. The van der Waals surface area contributed by atoms with Gasteiger partial charge in [0.05, 0.1) is 0 Å². The van der Waals surface area contributed by atoms with Crippen LogP contribution in [-0.2, 0) is 6.42 Å². The van der Waals surface area contributed by atoms with Gasteiger partial charge in [-0.3, -0.25) is 0 Å². The van der Waals surface area contributed by atoms with Crippen molar-refractivity contribution in [1.29, 1.82) is 0 Å². The molecule has 2 N–H and O–H groups in total. The molecule has 0 heterocycles. The Hall–Kier alpha value is -0.530. The Balaban J connectivity index is 2.11. The minimum atomic E-state index is 0.601. The molecule has 0 radical (unpaired) electrons. The molecule has 0 aliphatic carbocycles. The van der Waals surface area contributed by atoms with Gasteiger partial charge in [0.1, 0.15) is 0 Å². The Morgan fingerprint density at radius 2 is 1.67 bits per heavy atom. The molecule has 1 nitrogen and oxygen atoms in total. The largest absolute Gasteiger partial charge is 0.330 e. The van der Waals surface area contributed by atoms with Crippen molar-refractivity contribution in [1.82, 2.24) is 0 Å². The second kappa shape index (κ2) is 12.1. The van der Waals surface area contributed by atoms with Crippen molar-refractivity contribution in [2.24, 2.45) is 11.7 Å². The minimum Gasteiger partial charge on any atom is -0.330 e. The summed E-state index contributed by atoms with van der Waals surface area (Å²) >= 11 is 6.04. The van der Waals surface area contributed by atoms with Gasteiger partial charge in [0.25, 0.3) is 0 Å². The molecule has 0 bridgehead atoms.